The van der Waals surface area contributed by atoms with Crippen molar-refractivity contribution < 1.29 is 36.4 Å². The highest BCUT2D eigenvalue weighted by Crippen LogP contribution is 2.46. The Morgan fingerprint density at radius 3 is 2.42 bits per heavy atom. The van der Waals surface area contributed by atoms with Gasteiger partial charge in [-0.2, -0.15) is 18.3 Å². The van der Waals surface area contributed by atoms with Gasteiger partial charge in [0.15, 0.2) is 19.8 Å². The van der Waals surface area contributed by atoms with Gasteiger partial charge in [0.05, 0.1) is 49.9 Å². The van der Waals surface area contributed by atoms with E-state index in [4.69, 9.17) is 18.4 Å². The van der Waals surface area contributed by atoms with Crippen molar-refractivity contribution in [3.05, 3.63) is 54.2 Å². The van der Waals surface area contributed by atoms with Crippen LogP contribution in [0.3, 0.4) is 0 Å². The molecule has 0 aliphatic carbocycles. The Morgan fingerprint density at radius 2 is 1.84 bits per heavy atom. The summed E-state index contributed by atoms with van der Waals surface area (Å²) in [5.41, 5.74) is -0.493. The molecular weight excluding hydrogens is 583 g/mol. The molecule has 0 saturated heterocycles. The second-order valence-corrected chi connectivity index (χ2v) is 16.2. The maximum absolute atomic E-state index is 14.7. The zero-order chi connectivity index (χ0) is 31.7. The van der Waals surface area contributed by atoms with Gasteiger partial charge in [0.1, 0.15) is 23.3 Å². The highest BCUT2D eigenvalue weighted by molar-refractivity contribution is 6.74. The molecule has 0 N–H and O–H groups in total. The number of halogens is 3. The van der Waals surface area contributed by atoms with Gasteiger partial charge in [-0.05, 0) is 43.3 Å². The first-order chi connectivity index (χ1) is 20.1. The molecule has 1 aromatic carbocycles. The number of hydrogen-bond donors (Lipinski definition) is 0. The first-order valence-corrected chi connectivity index (χ1v) is 16.3. The number of methoxy groups -OCH3 is 2. The molecule has 10 nitrogen and oxygen atoms in total. The standard InChI is InChI=1S/C29H34F3N5O5Si/c1-17(42-43(7,8)28(2,3)4)15-37-26(29(30,31)32)20(14-35-37)25-22(21-12-13-33-16-34-21)23(36-41-25)18-10-9-11-19(24(18)39-5)27(38)40-6/h9-14,16-17H,15H2,1-8H3/t17-/m1/s1. The normalized spacial score (nSPS) is 13.2. The molecule has 0 aliphatic rings. The number of nitrogens with zero attached hydrogens (tertiary/aromatic N) is 5. The summed E-state index contributed by atoms with van der Waals surface area (Å²) in [6.07, 6.45) is -1.56. The van der Waals surface area contributed by atoms with Gasteiger partial charge < -0.3 is 18.4 Å². The smallest absolute Gasteiger partial charge is 0.433 e. The molecule has 0 aliphatic heterocycles. The predicted octanol–water partition coefficient (Wildman–Crippen LogP) is 6.89. The lowest BCUT2D eigenvalue weighted by molar-refractivity contribution is -0.144. The molecule has 4 rings (SSSR count). The van der Waals surface area contributed by atoms with Gasteiger partial charge in [-0.3, -0.25) is 4.68 Å². The molecule has 230 valence electrons. The Morgan fingerprint density at radius 1 is 1.12 bits per heavy atom. The van der Waals surface area contributed by atoms with E-state index in [9.17, 15) is 18.0 Å². The average molecular weight is 618 g/mol. The van der Waals surface area contributed by atoms with Gasteiger partial charge in [0, 0.05) is 11.8 Å². The van der Waals surface area contributed by atoms with Crippen LogP contribution in [0.2, 0.25) is 18.1 Å². The number of para-hydroxylation sites is 1. The van der Waals surface area contributed by atoms with Crippen molar-refractivity contribution in [1.29, 1.82) is 0 Å². The zero-order valence-electron chi connectivity index (χ0n) is 25.2. The number of rotatable bonds is 9. The van der Waals surface area contributed by atoms with Gasteiger partial charge >= 0.3 is 12.1 Å². The Bertz CT molecular complexity index is 1600. The molecule has 0 saturated carbocycles. The SMILES string of the molecule is COC(=O)c1cccc(-c2noc(-c3cnn(C[C@@H](C)O[Si](C)(C)C(C)(C)C)c3C(F)(F)F)c2-c2ccncn2)c1OC. The van der Waals surface area contributed by atoms with Crippen molar-refractivity contribution in [3.8, 4) is 39.6 Å². The topological polar surface area (TPSA) is 114 Å². The van der Waals surface area contributed by atoms with Crippen LogP contribution >= 0.6 is 0 Å². The highest BCUT2D eigenvalue weighted by atomic mass is 28.4. The van der Waals surface area contributed by atoms with Crippen LogP contribution in [0.15, 0.2) is 47.5 Å². The summed E-state index contributed by atoms with van der Waals surface area (Å²) in [4.78, 5) is 20.6. The molecule has 0 radical (unpaired) electrons. The Hall–Kier alpha value is -4.04. The molecule has 0 unspecified atom stereocenters. The van der Waals surface area contributed by atoms with E-state index in [0.717, 1.165) is 10.9 Å². The molecule has 14 heteroatoms. The van der Waals surface area contributed by atoms with E-state index in [1.54, 1.807) is 19.1 Å². The third kappa shape index (κ3) is 6.34. The minimum Gasteiger partial charge on any atom is -0.495 e. The van der Waals surface area contributed by atoms with Gasteiger partial charge in [-0.15, -0.1) is 0 Å². The van der Waals surface area contributed by atoms with E-state index >= 15 is 0 Å². The molecular formula is C29H34F3N5O5Si. The largest absolute Gasteiger partial charge is 0.495 e. The number of aromatic nitrogens is 5. The first-order valence-electron chi connectivity index (χ1n) is 13.4. The van der Waals surface area contributed by atoms with Gasteiger partial charge in [-0.1, -0.05) is 32.0 Å². The van der Waals surface area contributed by atoms with Crippen LogP contribution in [0.25, 0.3) is 33.8 Å². The summed E-state index contributed by atoms with van der Waals surface area (Å²) in [6.45, 7) is 11.9. The summed E-state index contributed by atoms with van der Waals surface area (Å²) in [6, 6.07) is 6.19. The summed E-state index contributed by atoms with van der Waals surface area (Å²) in [5.74, 6) is -0.774. The van der Waals surface area contributed by atoms with Crippen LogP contribution in [0, 0.1) is 0 Å². The van der Waals surface area contributed by atoms with Crippen molar-refractivity contribution in [3.63, 3.8) is 0 Å². The second kappa shape index (κ2) is 11.9. The van der Waals surface area contributed by atoms with E-state index in [1.165, 1.54) is 38.9 Å². The monoisotopic (exact) mass is 617 g/mol. The van der Waals surface area contributed by atoms with Crippen LogP contribution < -0.4 is 4.74 Å². The average Bonchev–Trinajstić information content (AvgIpc) is 3.56. The minimum absolute atomic E-state index is 0.0974. The maximum Gasteiger partial charge on any atom is 0.433 e. The van der Waals surface area contributed by atoms with Crippen molar-refractivity contribution in [2.75, 3.05) is 14.2 Å². The van der Waals surface area contributed by atoms with E-state index in [1.807, 2.05) is 13.1 Å². The van der Waals surface area contributed by atoms with Crippen molar-refractivity contribution in [1.82, 2.24) is 24.9 Å². The maximum atomic E-state index is 14.7. The number of hydrogen-bond acceptors (Lipinski definition) is 9. The van der Waals surface area contributed by atoms with Crippen molar-refractivity contribution >= 4 is 14.3 Å². The summed E-state index contributed by atoms with van der Waals surface area (Å²) in [5, 5.41) is 8.14. The molecule has 43 heavy (non-hydrogen) atoms. The van der Waals surface area contributed by atoms with Gasteiger partial charge in [0.25, 0.3) is 0 Å². The molecule has 4 aromatic rings. The molecule has 0 amide bonds. The quantitative estimate of drug-likeness (QED) is 0.146. The number of esters is 1. The molecule has 3 heterocycles. The number of ether oxygens (including phenoxy) is 2. The highest BCUT2D eigenvalue weighted by Gasteiger charge is 2.43. The fourth-order valence-electron chi connectivity index (χ4n) is 4.50. The number of carbonyl (C=O) groups excluding carboxylic acids is 1. The van der Waals surface area contributed by atoms with Crippen LogP contribution in [0.4, 0.5) is 13.2 Å². The predicted molar refractivity (Wildman–Crippen MR) is 155 cm³/mol. The number of alkyl halides is 3. The number of carbonyl (C=O) groups is 1. The lowest BCUT2D eigenvalue weighted by Gasteiger charge is -2.38. The Balaban J connectivity index is 1.90. The van der Waals surface area contributed by atoms with Crippen LogP contribution in [0.1, 0.15) is 43.7 Å². The van der Waals surface area contributed by atoms with E-state index < -0.39 is 32.3 Å². The molecule has 0 spiro atoms. The van der Waals surface area contributed by atoms with Crippen molar-refractivity contribution in [2.45, 2.75) is 64.7 Å². The fraction of sp³-hybridized carbons (Fsp3) is 0.414. The summed E-state index contributed by atoms with van der Waals surface area (Å²) >= 11 is 0. The Labute approximate surface area is 248 Å². The lowest BCUT2D eigenvalue weighted by Crippen LogP contribution is -2.44. The van der Waals surface area contributed by atoms with Gasteiger partial charge in [0.2, 0.25) is 0 Å². The summed E-state index contributed by atoms with van der Waals surface area (Å²) in [7, 11) is 0.318. The molecule has 3 aromatic heterocycles. The fourth-order valence-corrected chi connectivity index (χ4v) is 5.93. The molecule has 0 fully saturated rings. The molecule has 1 atom stereocenters. The zero-order valence-corrected chi connectivity index (χ0v) is 26.2. The van der Waals surface area contributed by atoms with E-state index in [0.29, 0.717) is 0 Å². The van der Waals surface area contributed by atoms with Gasteiger partial charge in [-0.25, -0.2) is 14.8 Å². The van der Waals surface area contributed by atoms with Crippen LogP contribution in [-0.4, -0.2) is 59.5 Å². The minimum atomic E-state index is -4.80. The molecule has 0 bridgehead atoms. The van der Waals surface area contributed by atoms with Crippen LogP contribution in [-0.2, 0) is 21.9 Å². The number of benzene rings is 1. The van der Waals surface area contributed by atoms with E-state index in [-0.39, 0.29) is 56.7 Å². The van der Waals surface area contributed by atoms with E-state index in [2.05, 4.69) is 41.0 Å². The van der Waals surface area contributed by atoms with Crippen LogP contribution in [0.5, 0.6) is 5.75 Å². The first kappa shape index (κ1) is 31.9. The third-order valence-corrected chi connectivity index (χ3v) is 12.1. The summed E-state index contributed by atoms with van der Waals surface area (Å²) < 4.78 is 67.4. The second-order valence-electron chi connectivity index (χ2n) is 11.5. The Kier molecular flexibility index (Phi) is 8.84. The lowest BCUT2D eigenvalue weighted by atomic mass is 9.97. The van der Waals surface area contributed by atoms with Crippen molar-refractivity contribution in [2.24, 2.45) is 0 Å². The third-order valence-electron chi connectivity index (χ3n) is 7.49.